The Labute approximate surface area is 144 Å². The predicted molar refractivity (Wildman–Crippen MR) is 87.9 cm³/mol. The standard InChI is InChI=1S/C19H19F3N2O/c1-18(2,25)10-9-16-12-24(17(23-16)14-5-6-14)11-13-3-7-15(8-4-13)19(20,21)22/h3-4,7-8,12,14,25H,5-6,11H2,1-2H3. The summed E-state index contributed by atoms with van der Waals surface area (Å²) in [5.74, 6) is 6.88. The van der Waals surface area contributed by atoms with E-state index in [2.05, 4.69) is 16.8 Å². The number of nitrogens with zero attached hydrogens (tertiary/aromatic N) is 2. The third kappa shape index (κ3) is 4.64. The quantitative estimate of drug-likeness (QED) is 0.853. The van der Waals surface area contributed by atoms with Gasteiger partial charge < -0.3 is 9.67 Å². The molecule has 0 aliphatic heterocycles. The van der Waals surface area contributed by atoms with Gasteiger partial charge in [0.1, 0.15) is 17.1 Å². The van der Waals surface area contributed by atoms with Crippen LogP contribution in [0.15, 0.2) is 30.5 Å². The minimum atomic E-state index is -4.33. The van der Waals surface area contributed by atoms with Crippen molar-refractivity contribution >= 4 is 0 Å². The van der Waals surface area contributed by atoms with Gasteiger partial charge >= 0.3 is 6.18 Å². The maximum Gasteiger partial charge on any atom is 0.416 e. The van der Waals surface area contributed by atoms with Crippen molar-refractivity contribution in [1.29, 1.82) is 0 Å². The Morgan fingerprint density at radius 2 is 1.84 bits per heavy atom. The van der Waals surface area contributed by atoms with E-state index in [0.29, 0.717) is 18.2 Å². The molecule has 3 nitrogen and oxygen atoms in total. The summed E-state index contributed by atoms with van der Waals surface area (Å²) in [6.45, 7) is 3.64. The van der Waals surface area contributed by atoms with Gasteiger partial charge in [-0.15, -0.1) is 0 Å². The second-order valence-electron chi connectivity index (χ2n) is 6.89. The summed E-state index contributed by atoms with van der Waals surface area (Å²) in [5, 5.41) is 9.70. The van der Waals surface area contributed by atoms with Crippen LogP contribution in [-0.4, -0.2) is 20.3 Å². The maximum atomic E-state index is 12.7. The number of imidazole rings is 1. The fraction of sp³-hybridized carbons (Fsp3) is 0.421. The molecule has 1 aromatic heterocycles. The molecular weight excluding hydrogens is 329 g/mol. The Hall–Kier alpha value is -2.26. The molecule has 0 saturated heterocycles. The molecule has 1 heterocycles. The van der Waals surface area contributed by atoms with E-state index in [4.69, 9.17) is 0 Å². The molecule has 1 aliphatic rings. The SMILES string of the molecule is CC(C)(O)C#Cc1cn(Cc2ccc(C(F)(F)F)cc2)c(C2CC2)n1. The molecule has 1 N–H and O–H groups in total. The summed E-state index contributed by atoms with van der Waals surface area (Å²) in [5.41, 5.74) is -0.414. The van der Waals surface area contributed by atoms with Gasteiger partial charge in [0.25, 0.3) is 0 Å². The van der Waals surface area contributed by atoms with E-state index in [0.717, 1.165) is 36.4 Å². The lowest BCUT2D eigenvalue weighted by atomic mass is 10.1. The van der Waals surface area contributed by atoms with Gasteiger partial charge in [0.05, 0.1) is 5.56 Å². The van der Waals surface area contributed by atoms with Gasteiger partial charge in [-0.05, 0) is 50.3 Å². The van der Waals surface area contributed by atoms with Gasteiger partial charge in [-0.2, -0.15) is 13.2 Å². The Morgan fingerprint density at radius 1 is 1.20 bits per heavy atom. The van der Waals surface area contributed by atoms with Crippen LogP contribution in [-0.2, 0) is 12.7 Å². The van der Waals surface area contributed by atoms with Gasteiger partial charge in [0.2, 0.25) is 0 Å². The summed E-state index contributed by atoms with van der Waals surface area (Å²) >= 11 is 0. The van der Waals surface area contributed by atoms with Crippen LogP contribution in [0.3, 0.4) is 0 Å². The molecule has 0 bridgehead atoms. The number of alkyl halides is 3. The Morgan fingerprint density at radius 3 is 2.36 bits per heavy atom. The number of hydrogen-bond donors (Lipinski definition) is 1. The van der Waals surface area contributed by atoms with Crippen LogP contribution in [0.2, 0.25) is 0 Å². The summed E-state index contributed by atoms with van der Waals surface area (Å²) in [6, 6.07) is 5.17. The second kappa shape index (κ2) is 6.23. The largest absolute Gasteiger partial charge is 0.416 e. The smallest absolute Gasteiger partial charge is 0.378 e. The highest BCUT2D eigenvalue weighted by atomic mass is 19.4. The van der Waals surface area contributed by atoms with E-state index < -0.39 is 17.3 Å². The van der Waals surface area contributed by atoms with Crippen molar-refractivity contribution in [2.24, 2.45) is 0 Å². The molecule has 3 rings (SSSR count). The molecule has 132 valence electrons. The second-order valence-corrected chi connectivity index (χ2v) is 6.89. The average Bonchev–Trinajstić information content (AvgIpc) is 3.26. The van der Waals surface area contributed by atoms with Crippen LogP contribution in [0.5, 0.6) is 0 Å². The molecule has 6 heteroatoms. The van der Waals surface area contributed by atoms with E-state index >= 15 is 0 Å². The van der Waals surface area contributed by atoms with Crippen molar-refractivity contribution in [2.75, 3.05) is 0 Å². The van der Waals surface area contributed by atoms with Crippen LogP contribution in [0, 0.1) is 11.8 Å². The fourth-order valence-electron chi connectivity index (χ4n) is 2.50. The maximum absolute atomic E-state index is 12.7. The molecular formula is C19H19F3N2O. The zero-order valence-electron chi connectivity index (χ0n) is 14.1. The van der Waals surface area contributed by atoms with E-state index in [1.54, 1.807) is 20.0 Å². The third-order valence-electron chi connectivity index (χ3n) is 3.88. The number of halogens is 3. The molecule has 1 fully saturated rings. The van der Waals surface area contributed by atoms with E-state index in [1.807, 2.05) is 4.57 Å². The monoisotopic (exact) mass is 348 g/mol. The lowest BCUT2D eigenvalue weighted by Crippen LogP contribution is -2.14. The molecule has 25 heavy (non-hydrogen) atoms. The normalized spacial score (nSPS) is 15.0. The molecule has 0 radical (unpaired) electrons. The summed E-state index contributed by atoms with van der Waals surface area (Å²) in [7, 11) is 0. The number of rotatable bonds is 3. The van der Waals surface area contributed by atoms with Crippen molar-refractivity contribution in [3.05, 3.63) is 53.1 Å². The summed E-state index contributed by atoms with van der Waals surface area (Å²) in [6.07, 6.45) is -0.415. The van der Waals surface area contributed by atoms with Gasteiger partial charge in [-0.1, -0.05) is 18.1 Å². The topological polar surface area (TPSA) is 38.0 Å². The van der Waals surface area contributed by atoms with Gasteiger partial charge in [-0.3, -0.25) is 0 Å². The Bertz CT molecular complexity index is 814. The highest BCUT2D eigenvalue weighted by Crippen LogP contribution is 2.39. The molecule has 0 spiro atoms. The Kier molecular flexibility index (Phi) is 4.38. The number of benzene rings is 1. The van der Waals surface area contributed by atoms with E-state index in [1.165, 1.54) is 12.1 Å². The first kappa shape index (κ1) is 17.6. The van der Waals surface area contributed by atoms with Crippen LogP contribution in [0.4, 0.5) is 13.2 Å². The first-order chi connectivity index (χ1) is 11.6. The fourth-order valence-corrected chi connectivity index (χ4v) is 2.50. The highest BCUT2D eigenvalue weighted by molar-refractivity contribution is 5.32. The molecule has 1 saturated carbocycles. The van der Waals surface area contributed by atoms with Crippen molar-refractivity contribution in [2.45, 2.75) is 50.9 Å². The third-order valence-corrected chi connectivity index (χ3v) is 3.88. The first-order valence-electron chi connectivity index (χ1n) is 8.10. The van der Waals surface area contributed by atoms with Crippen molar-refractivity contribution < 1.29 is 18.3 Å². The zero-order chi connectivity index (χ0) is 18.2. The summed E-state index contributed by atoms with van der Waals surface area (Å²) in [4.78, 5) is 4.53. The van der Waals surface area contributed by atoms with Crippen molar-refractivity contribution in [1.82, 2.24) is 9.55 Å². The minimum Gasteiger partial charge on any atom is -0.378 e. The van der Waals surface area contributed by atoms with Crippen LogP contribution >= 0.6 is 0 Å². The highest BCUT2D eigenvalue weighted by Gasteiger charge is 2.30. The predicted octanol–water partition coefficient (Wildman–Crippen LogP) is 3.95. The molecule has 0 amide bonds. The van der Waals surface area contributed by atoms with Gasteiger partial charge in [0.15, 0.2) is 0 Å². The molecule has 1 aromatic carbocycles. The minimum absolute atomic E-state index is 0.382. The molecule has 0 unspecified atom stereocenters. The van der Waals surface area contributed by atoms with Gasteiger partial charge in [-0.25, -0.2) is 4.98 Å². The van der Waals surface area contributed by atoms with E-state index in [9.17, 15) is 18.3 Å². The van der Waals surface area contributed by atoms with Crippen molar-refractivity contribution in [3.8, 4) is 11.8 Å². The van der Waals surface area contributed by atoms with Crippen LogP contribution in [0.1, 0.15) is 55.3 Å². The number of hydrogen-bond acceptors (Lipinski definition) is 2. The molecule has 0 atom stereocenters. The lowest BCUT2D eigenvalue weighted by Gasteiger charge is -2.09. The average molecular weight is 348 g/mol. The molecule has 2 aromatic rings. The Balaban J connectivity index is 1.84. The number of aromatic nitrogens is 2. The van der Waals surface area contributed by atoms with E-state index in [-0.39, 0.29) is 0 Å². The summed E-state index contributed by atoms with van der Waals surface area (Å²) < 4.78 is 39.9. The lowest BCUT2D eigenvalue weighted by molar-refractivity contribution is -0.137. The number of aliphatic hydroxyl groups is 1. The van der Waals surface area contributed by atoms with Crippen LogP contribution in [0.25, 0.3) is 0 Å². The first-order valence-corrected chi connectivity index (χ1v) is 8.10. The zero-order valence-corrected chi connectivity index (χ0v) is 14.1. The van der Waals surface area contributed by atoms with Crippen molar-refractivity contribution in [3.63, 3.8) is 0 Å². The van der Waals surface area contributed by atoms with Crippen LogP contribution < -0.4 is 0 Å². The molecule has 1 aliphatic carbocycles. The van der Waals surface area contributed by atoms with Gasteiger partial charge in [0, 0.05) is 18.7 Å².